The fourth-order valence-electron chi connectivity index (χ4n) is 4.18. The number of ether oxygens (including phenoxy) is 1. The Bertz CT molecular complexity index is 727. The molecule has 0 bridgehead atoms. The van der Waals surface area contributed by atoms with Gasteiger partial charge < -0.3 is 4.74 Å². The van der Waals surface area contributed by atoms with Gasteiger partial charge in [-0.2, -0.15) is 0 Å². The first-order chi connectivity index (χ1) is 15.3. The molecule has 0 aliphatic heterocycles. The predicted molar refractivity (Wildman–Crippen MR) is 134 cm³/mol. The Morgan fingerprint density at radius 3 is 2.23 bits per heavy atom. The van der Waals surface area contributed by atoms with Gasteiger partial charge in [0.1, 0.15) is 5.75 Å². The highest BCUT2D eigenvalue weighted by Gasteiger charge is 2.19. The molecule has 1 heteroatoms. The van der Waals surface area contributed by atoms with Gasteiger partial charge in [-0.15, -0.1) is 0 Å². The fraction of sp³-hybridized carbons (Fsp3) is 0.600. The van der Waals surface area contributed by atoms with E-state index in [4.69, 9.17) is 4.74 Å². The number of hydrogen-bond acceptors (Lipinski definition) is 1. The van der Waals surface area contributed by atoms with Crippen molar-refractivity contribution < 1.29 is 4.74 Å². The number of rotatable bonds is 11. The maximum Gasteiger partial charge on any atom is 0.119 e. The molecule has 1 fully saturated rings. The molecule has 31 heavy (non-hydrogen) atoms. The number of hydrogen-bond donors (Lipinski definition) is 0. The third kappa shape index (κ3) is 11.7. The van der Waals surface area contributed by atoms with Crippen LogP contribution in [0.4, 0.5) is 0 Å². The predicted octanol–water partition coefficient (Wildman–Crippen LogP) is 8.33. The average Bonchev–Trinajstić information content (AvgIpc) is 2.80. The summed E-state index contributed by atoms with van der Waals surface area (Å²) in [4.78, 5) is 0. The maximum atomic E-state index is 5.81. The lowest BCUT2D eigenvalue weighted by Gasteiger charge is -2.25. The van der Waals surface area contributed by atoms with Gasteiger partial charge in [0.25, 0.3) is 0 Å². The molecule has 0 radical (unpaired) electrons. The van der Waals surface area contributed by atoms with Crippen molar-refractivity contribution in [1.29, 1.82) is 0 Å². The van der Waals surface area contributed by atoms with Crippen LogP contribution in [-0.2, 0) is 0 Å². The van der Waals surface area contributed by atoms with E-state index >= 15 is 0 Å². The number of allylic oxidation sites excluding steroid dienone is 2. The monoisotopic (exact) mass is 418 g/mol. The van der Waals surface area contributed by atoms with E-state index in [1.807, 2.05) is 36.4 Å². The Balaban J connectivity index is 1.63. The van der Waals surface area contributed by atoms with Crippen molar-refractivity contribution in [1.82, 2.24) is 0 Å². The van der Waals surface area contributed by atoms with E-state index in [1.54, 1.807) is 0 Å². The van der Waals surface area contributed by atoms with E-state index in [-0.39, 0.29) is 0 Å². The van der Waals surface area contributed by atoms with Crippen molar-refractivity contribution in [2.45, 2.75) is 97.3 Å². The molecule has 1 aliphatic rings. The highest BCUT2D eigenvalue weighted by Crippen LogP contribution is 2.31. The molecule has 2 rings (SSSR count). The summed E-state index contributed by atoms with van der Waals surface area (Å²) in [7, 11) is 0. The van der Waals surface area contributed by atoms with Gasteiger partial charge in [-0.3, -0.25) is 0 Å². The van der Waals surface area contributed by atoms with Crippen LogP contribution in [0.25, 0.3) is 0 Å². The normalized spacial score (nSPS) is 18.1. The Labute approximate surface area is 192 Å². The van der Waals surface area contributed by atoms with E-state index in [1.165, 1.54) is 77.0 Å². The zero-order valence-corrected chi connectivity index (χ0v) is 19.9. The Hall–Kier alpha value is -2.12. The topological polar surface area (TPSA) is 9.23 Å². The van der Waals surface area contributed by atoms with Crippen LogP contribution in [0.5, 0.6) is 5.75 Å². The largest absolute Gasteiger partial charge is 0.494 e. The zero-order valence-electron chi connectivity index (χ0n) is 19.9. The van der Waals surface area contributed by atoms with Crippen molar-refractivity contribution in [3.05, 3.63) is 42.0 Å². The van der Waals surface area contributed by atoms with Gasteiger partial charge in [0.15, 0.2) is 0 Å². The first-order valence-electron chi connectivity index (χ1n) is 12.7. The molecule has 0 N–H and O–H groups in total. The van der Waals surface area contributed by atoms with Crippen molar-refractivity contribution in [3.63, 3.8) is 0 Å². The van der Waals surface area contributed by atoms with E-state index in [0.717, 1.165) is 30.3 Å². The molecule has 0 saturated heterocycles. The molecule has 0 spiro atoms. The zero-order chi connectivity index (χ0) is 22.0. The summed E-state index contributed by atoms with van der Waals surface area (Å²) in [6.07, 6.45) is 20.9. The van der Waals surface area contributed by atoms with Crippen LogP contribution in [0.15, 0.2) is 36.4 Å². The minimum atomic E-state index is 0.583. The van der Waals surface area contributed by atoms with Crippen LogP contribution >= 0.6 is 0 Å². The van der Waals surface area contributed by atoms with E-state index in [9.17, 15) is 0 Å². The molecule has 0 aromatic heterocycles. The Kier molecular flexibility index (Phi) is 13.4. The molecule has 1 aromatic rings. The quantitative estimate of drug-likeness (QED) is 0.259. The molecule has 0 atom stereocenters. The summed E-state index contributed by atoms with van der Waals surface area (Å²) < 4.78 is 5.81. The first kappa shape index (κ1) is 25.1. The SMILES string of the molecule is CCCCCCCOc1ccc(C#CC=CC#CC2CCC(CCCCC)CC2)cc1. The van der Waals surface area contributed by atoms with Crippen molar-refractivity contribution in [2.24, 2.45) is 11.8 Å². The number of unbranched alkanes of at least 4 members (excludes halogenated alkanes) is 6. The summed E-state index contributed by atoms with van der Waals surface area (Å²) in [5.41, 5.74) is 1.01. The summed E-state index contributed by atoms with van der Waals surface area (Å²) >= 11 is 0. The lowest BCUT2D eigenvalue weighted by Crippen LogP contribution is -2.13. The van der Waals surface area contributed by atoms with Crippen molar-refractivity contribution in [3.8, 4) is 29.4 Å². The smallest absolute Gasteiger partial charge is 0.119 e. The second kappa shape index (κ2) is 16.6. The second-order valence-corrected chi connectivity index (χ2v) is 8.89. The molecule has 168 valence electrons. The summed E-state index contributed by atoms with van der Waals surface area (Å²) in [5, 5.41) is 0. The first-order valence-corrected chi connectivity index (χ1v) is 12.7. The fourth-order valence-corrected chi connectivity index (χ4v) is 4.18. The van der Waals surface area contributed by atoms with Gasteiger partial charge in [-0.1, -0.05) is 88.9 Å². The minimum absolute atomic E-state index is 0.583. The van der Waals surface area contributed by atoms with Crippen LogP contribution in [0, 0.1) is 35.5 Å². The third-order valence-electron chi connectivity index (χ3n) is 6.19. The minimum Gasteiger partial charge on any atom is -0.494 e. The van der Waals surface area contributed by atoms with Crippen LogP contribution in [0.1, 0.15) is 103 Å². The second-order valence-electron chi connectivity index (χ2n) is 8.89. The third-order valence-corrected chi connectivity index (χ3v) is 6.19. The van der Waals surface area contributed by atoms with Crippen LogP contribution in [-0.4, -0.2) is 6.61 Å². The van der Waals surface area contributed by atoms with Crippen molar-refractivity contribution >= 4 is 0 Å². The molecular weight excluding hydrogens is 376 g/mol. The molecule has 1 saturated carbocycles. The number of benzene rings is 1. The van der Waals surface area contributed by atoms with Crippen LogP contribution in [0.2, 0.25) is 0 Å². The molecule has 1 aliphatic carbocycles. The van der Waals surface area contributed by atoms with Crippen LogP contribution in [0.3, 0.4) is 0 Å². The van der Waals surface area contributed by atoms with Crippen LogP contribution < -0.4 is 4.74 Å². The van der Waals surface area contributed by atoms with Gasteiger partial charge in [0.2, 0.25) is 0 Å². The summed E-state index contributed by atoms with van der Waals surface area (Å²) in [6.45, 7) is 5.33. The Morgan fingerprint density at radius 2 is 1.48 bits per heavy atom. The van der Waals surface area contributed by atoms with Gasteiger partial charge in [-0.25, -0.2) is 0 Å². The maximum absolute atomic E-state index is 5.81. The van der Waals surface area contributed by atoms with Gasteiger partial charge in [0, 0.05) is 11.5 Å². The molecule has 1 aromatic carbocycles. The highest BCUT2D eigenvalue weighted by molar-refractivity contribution is 5.40. The lowest BCUT2D eigenvalue weighted by molar-refractivity contribution is 0.294. The lowest BCUT2D eigenvalue weighted by atomic mass is 9.80. The summed E-state index contributed by atoms with van der Waals surface area (Å²) in [5.74, 6) is 15.4. The molecular formula is C30H42O. The van der Waals surface area contributed by atoms with E-state index in [0.29, 0.717) is 5.92 Å². The van der Waals surface area contributed by atoms with E-state index in [2.05, 4.69) is 37.5 Å². The van der Waals surface area contributed by atoms with Gasteiger partial charge in [0.05, 0.1) is 6.61 Å². The highest BCUT2D eigenvalue weighted by atomic mass is 16.5. The Morgan fingerprint density at radius 1 is 0.806 bits per heavy atom. The van der Waals surface area contributed by atoms with Gasteiger partial charge in [-0.05, 0) is 74.4 Å². The van der Waals surface area contributed by atoms with Gasteiger partial charge >= 0.3 is 0 Å². The standard InChI is InChI=1S/C30H42O/c1-3-5-7-10-14-26-31-30-24-22-29(23-25-30)17-13-9-8-12-16-28-20-18-27(19-21-28)15-11-6-4-2/h8-9,22-25,27-28H,3-7,10-11,14-15,18-21,26H2,1-2H3. The molecule has 0 heterocycles. The molecule has 1 nitrogen and oxygen atoms in total. The average molecular weight is 419 g/mol. The molecule has 0 unspecified atom stereocenters. The van der Waals surface area contributed by atoms with E-state index < -0.39 is 0 Å². The summed E-state index contributed by atoms with van der Waals surface area (Å²) in [6, 6.07) is 8.08. The molecule has 0 amide bonds. The van der Waals surface area contributed by atoms with Crippen molar-refractivity contribution in [2.75, 3.05) is 6.61 Å².